The molecule has 20 heavy (non-hydrogen) atoms. The lowest BCUT2D eigenvalue weighted by Gasteiger charge is -2.14. The first kappa shape index (κ1) is 15.9. The van der Waals surface area contributed by atoms with Gasteiger partial charge in [0.15, 0.2) is 0 Å². The molecule has 104 valence electrons. The molecule has 0 spiro atoms. The molecule has 2 rings (SSSR count). The van der Waals surface area contributed by atoms with Gasteiger partial charge < -0.3 is 11.1 Å². The quantitative estimate of drug-likeness (QED) is 0.497. The highest BCUT2D eigenvalue weighted by Crippen LogP contribution is 2.38. The zero-order valence-electron chi connectivity index (χ0n) is 9.88. The van der Waals surface area contributed by atoms with Crippen molar-refractivity contribution in [2.45, 2.75) is 0 Å². The van der Waals surface area contributed by atoms with Crippen LogP contribution < -0.4 is 11.1 Å². The fourth-order valence-corrected chi connectivity index (χ4v) is 3.02. The van der Waals surface area contributed by atoms with Gasteiger partial charge in [0.2, 0.25) is 0 Å². The molecule has 0 fully saturated rings. The number of thiocarbonyl (C=S) groups is 1. The Morgan fingerprint density at radius 1 is 1.05 bits per heavy atom. The topological polar surface area (TPSA) is 38.0 Å². The largest absolute Gasteiger partial charge is 0.389 e. The van der Waals surface area contributed by atoms with E-state index in [-0.39, 0.29) is 4.99 Å². The summed E-state index contributed by atoms with van der Waals surface area (Å²) in [5.74, 6) is 0. The predicted octanol–water partition coefficient (Wildman–Crippen LogP) is 5.79. The molecule has 2 aromatic rings. The normalized spacial score (nSPS) is 10.4. The van der Waals surface area contributed by atoms with E-state index < -0.39 is 0 Å². The highest BCUT2D eigenvalue weighted by Gasteiger charge is 2.13. The standard InChI is InChI=1S/C13H8BrCl3N2S/c14-6-4-5-9(12(17)11(6)16)19-8-3-1-2-7(15)10(8)13(18)20/h1-5,19H,(H2,18,20). The highest BCUT2D eigenvalue weighted by molar-refractivity contribution is 9.10. The minimum atomic E-state index is 0.206. The third kappa shape index (κ3) is 3.21. The molecule has 2 nitrogen and oxygen atoms in total. The molecule has 0 amide bonds. The number of benzene rings is 2. The summed E-state index contributed by atoms with van der Waals surface area (Å²) in [6, 6.07) is 8.91. The van der Waals surface area contributed by atoms with Crippen molar-refractivity contribution < 1.29 is 0 Å². The van der Waals surface area contributed by atoms with Crippen LogP contribution in [0.25, 0.3) is 0 Å². The number of anilines is 2. The Labute approximate surface area is 145 Å². The number of rotatable bonds is 3. The average Bonchev–Trinajstić information content (AvgIpc) is 2.39. The molecule has 0 bridgehead atoms. The summed E-state index contributed by atoms with van der Waals surface area (Å²) in [6.45, 7) is 0. The summed E-state index contributed by atoms with van der Waals surface area (Å²) in [5, 5.41) is 4.44. The number of halogens is 4. The van der Waals surface area contributed by atoms with Crippen LogP contribution in [0.15, 0.2) is 34.8 Å². The van der Waals surface area contributed by atoms with E-state index >= 15 is 0 Å². The highest BCUT2D eigenvalue weighted by atomic mass is 79.9. The van der Waals surface area contributed by atoms with Crippen molar-refractivity contribution in [2.24, 2.45) is 5.73 Å². The first-order valence-corrected chi connectivity index (χ1v) is 7.74. The van der Waals surface area contributed by atoms with E-state index in [2.05, 4.69) is 21.2 Å². The predicted molar refractivity (Wildman–Crippen MR) is 94.8 cm³/mol. The molecule has 7 heteroatoms. The molecule has 0 aliphatic carbocycles. The molecule has 0 aliphatic rings. The van der Waals surface area contributed by atoms with E-state index in [0.717, 1.165) is 4.47 Å². The third-order valence-corrected chi connectivity index (χ3v) is 4.85. The maximum Gasteiger partial charge on any atom is 0.107 e. The number of nitrogens with two attached hydrogens (primary N) is 1. The van der Waals surface area contributed by atoms with Gasteiger partial charge in [-0.25, -0.2) is 0 Å². The molecular weight excluding hydrogens is 402 g/mol. The van der Waals surface area contributed by atoms with Gasteiger partial charge in [-0.1, -0.05) is 53.1 Å². The SMILES string of the molecule is NC(=S)c1c(Cl)cccc1Nc1ccc(Br)c(Cl)c1Cl. The summed E-state index contributed by atoms with van der Waals surface area (Å²) in [6.07, 6.45) is 0. The van der Waals surface area contributed by atoms with Crippen LogP contribution in [0.3, 0.4) is 0 Å². The van der Waals surface area contributed by atoms with Crippen molar-refractivity contribution in [3.63, 3.8) is 0 Å². The molecule has 0 aliphatic heterocycles. The maximum atomic E-state index is 6.20. The average molecular weight is 411 g/mol. The Bertz CT molecular complexity index is 692. The second kappa shape index (κ2) is 6.50. The lowest BCUT2D eigenvalue weighted by Crippen LogP contribution is -2.12. The van der Waals surface area contributed by atoms with Crippen molar-refractivity contribution in [3.05, 3.63) is 55.4 Å². The Hall–Kier alpha value is -0.520. The molecule has 0 aromatic heterocycles. The zero-order valence-corrected chi connectivity index (χ0v) is 14.6. The molecule has 0 saturated carbocycles. The van der Waals surface area contributed by atoms with Crippen LogP contribution in [-0.4, -0.2) is 4.99 Å². The summed E-state index contributed by atoms with van der Waals surface area (Å²) < 4.78 is 0.718. The second-order valence-corrected chi connectivity index (χ2v) is 6.33. The van der Waals surface area contributed by atoms with E-state index in [4.69, 9.17) is 52.8 Å². The molecule has 0 saturated heterocycles. The first-order chi connectivity index (χ1) is 9.41. The molecule has 0 atom stereocenters. The monoisotopic (exact) mass is 408 g/mol. The van der Waals surface area contributed by atoms with Gasteiger partial charge in [-0.2, -0.15) is 0 Å². The molecule has 0 radical (unpaired) electrons. The molecular formula is C13H8BrCl3N2S. The summed E-state index contributed by atoms with van der Waals surface area (Å²) in [7, 11) is 0. The summed E-state index contributed by atoms with van der Waals surface area (Å²) in [5.41, 5.74) is 7.58. The van der Waals surface area contributed by atoms with E-state index in [1.165, 1.54) is 0 Å². The van der Waals surface area contributed by atoms with Gasteiger partial charge in [0.1, 0.15) is 4.99 Å². The van der Waals surface area contributed by atoms with Gasteiger partial charge in [-0.15, -0.1) is 0 Å². The van der Waals surface area contributed by atoms with Crippen molar-refractivity contribution in [1.82, 2.24) is 0 Å². The van der Waals surface area contributed by atoms with Crippen molar-refractivity contribution >= 4 is 79.3 Å². The molecule has 2 aromatic carbocycles. The van der Waals surface area contributed by atoms with Crippen LogP contribution in [0, 0.1) is 0 Å². The Morgan fingerprint density at radius 3 is 2.40 bits per heavy atom. The Balaban J connectivity index is 2.48. The van der Waals surface area contributed by atoms with Gasteiger partial charge in [-0.05, 0) is 40.2 Å². The van der Waals surface area contributed by atoms with Gasteiger partial charge >= 0.3 is 0 Å². The van der Waals surface area contributed by atoms with Crippen LogP contribution in [0.5, 0.6) is 0 Å². The fraction of sp³-hybridized carbons (Fsp3) is 0. The van der Waals surface area contributed by atoms with Gasteiger partial charge in [0.25, 0.3) is 0 Å². The number of hydrogen-bond donors (Lipinski definition) is 2. The summed E-state index contributed by atoms with van der Waals surface area (Å²) in [4.78, 5) is 0.206. The van der Waals surface area contributed by atoms with E-state index in [1.807, 2.05) is 6.07 Å². The zero-order chi connectivity index (χ0) is 14.9. The smallest absolute Gasteiger partial charge is 0.107 e. The maximum absolute atomic E-state index is 6.20. The van der Waals surface area contributed by atoms with E-state index in [0.29, 0.717) is 32.0 Å². The van der Waals surface area contributed by atoms with Gasteiger partial charge in [0.05, 0.1) is 32.0 Å². The Kier molecular flexibility index (Phi) is 5.15. The van der Waals surface area contributed by atoms with Gasteiger partial charge in [0, 0.05) is 4.47 Å². The lowest BCUT2D eigenvalue weighted by atomic mass is 10.1. The minimum absolute atomic E-state index is 0.206. The molecule has 0 heterocycles. The van der Waals surface area contributed by atoms with Crippen LogP contribution >= 0.6 is 63.0 Å². The first-order valence-electron chi connectivity index (χ1n) is 5.40. The van der Waals surface area contributed by atoms with Crippen LogP contribution in [-0.2, 0) is 0 Å². The summed E-state index contributed by atoms with van der Waals surface area (Å²) >= 11 is 26.7. The third-order valence-electron chi connectivity index (χ3n) is 2.56. The van der Waals surface area contributed by atoms with Crippen molar-refractivity contribution in [3.8, 4) is 0 Å². The van der Waals surface area contributed by atoms with Crippen LogP contribution in [0.2, 0.25) is 15.1 Å². The molecule has 0 unspecified atom stereocenters. The van der Waals surface area contributed by atoms with Crippen molar-refractivity contribution in [2.75, 3.05) is 5.32 Å². The second-order valence-electron chi connectivity index (χ2n) is 3.87. The van der Waals surface area contributed by atoms with E-state index in [9.17, 15) is 0 Å². The number of nitrogens with one attached hydrogen (secondary N) is 1. The lowest BCUT2D eigenvalue weighted by molar-refractivity contribution is 1.51. The van der Waals surface area contributed by atoms with Crippen LogP contribution in [0.4, 0.5) is 11.4 Å². The van der Waals surface area contributed by atoms with Crippen molar-refractivity contribution in [1.29, 1.82) is 0 Å². The Morgan fingerprint density at radius 2 is 1.75 bits per heavy atom. The van der Waals surface area contributed by atoms with Crippen LogP contribution in [0.1, 0.15) is 5.56 Å². The molecule has 3 N–H and O–H groups in total. The van der Waals surface area contributed by atoms with Gasteiger partial charge in [-0.3, -0.25) is 0 Å². The van der Waals surface area contributed by atoms with E-state index in [1.54, 1.807) is 24.3 Å². The fourth-order valence-electron chi connectivity index (χ4n) is 1.65. The minimum Gasteiger partial charge on any atom is -0.389 e. The number of hydrogen-bond acceptors (Lipinski definition) is 2.